The number of benzene rings is 3. The molecule has 2 aliphatic heterocycles. The molecule has 0 amide bonds. The number of hydrogen-bond acceptors (Lipinski definition) is 3. The number of fused-ring (bicyclic) bond motifs is 4. The molecule has 2 atom stereocenters. The van der Waals surface area contributed by atoms with Gasteiger partial charge < -0.3 is 4.90 Å². The summed E-state index contributed by atoms with van der Waals surface area (Å²) >= 11 is 0. The Morgan fingerprint density at radius 3 is 2.25 bits per heavy atom. The number of rotatable bonds is 2. The summed E-state index contributed by atoms with van der Waals surface area (Å²) in [5, 5.41) is 0. The van der Waals surface area contributed by atoms with E-state index in [0.29, 0.717) is 4.90 Å². The van der Waals surface area contributed by atoms with Gasteiger partial charge in [-0.3, -0.25) is 0 Å². The summed E-state index contributed by atoms with van der Waals surface area (Å²) in [5.41, 5.74) is 5.22. The molecule has 0 radical (unpaired) electrons. The zero-order valence-electron chi connectivity index (χ0n) is 15.9. The van der Waals surface area contributed by atoms with Crippen LogP contribution in [0.5, 0.6) is 0 Å². The third-order valence-corrected chi connectivity index (χ3v) is 7.76. The fourth-order valence-corrected chi connectivity index (χ4v) is 6.32. The number of aryl methyl sites for hydroxylation is 1. The number of para-hydroxylation sites is 2. The summed E-state index contributed by atoms with van der Waals surface area (Å²) in [5.74, 6) is 0.108. The Balaban J connectivity index is 1.72. The minimum atomic E-state index is -3.71. The van der Waals surface area contributed by atoms with E-state index in [-0.39, 0.29) is 12.1 Å². The summed E-state index contributed by atoms with van der Waals surface area (Å²) in [6.45, 7) is 1.96. The van der Waals surface area contributed by atoms with Crippen molar-refractivity contribution in [1.29, 1.82) is 0 Å². The molecule has 5 heteroatoms. The molecule has 0 saturated heterocycles. The topological polar surface area (TPSA) is 40.6 Å². The van der Waals surface area contributed by atoms with Crippen LogP contribution in [0.1, 0.15) is 22.6 Å². The van der Waals surface area contributed by atoms with Crippen LogP contribution in [-0.4, -0.2) is 21.6 Å². The van der Waals surface area contributed by atoms with E-state index >= 15 is 0 Å². The normalized spacial score (nSPS) is 20.5. The fourth-order valence-electron chi connectivity index (χ4n) is 4.60. The predicted molar refractivity (Wildman–Crippen MR) is 112 cm³/mol. The molecule has 142 valence electrons. The van der Waals surface area contributed by atoms with Crippen molar-refractivity contribution in [3.05, 3.63) is 89.5 Å². The van der Waals surface area contributed by atoms with E-state index in [1.807, 2.05) is 62.5 Å². The van der Waals surface area contributed by atoms with Crippen molar-refractivity contribution < 1.29 is 8.42 Å². The van der Waals surface area contributed by atoms with Crippen molar-refractivity contribution >= 4 is 21.4 Å². The van der Waals surface area contributed by atoms with Crippen LogP contribution in [0.2, 0.25) is 0 Å². The van der Waals surface area contributed by atoms with Crippen molar-refractivity contribution in [1.82, 2.24) is 0 Å². The molecule has 5 rings (SSSR count). The van der Waals surface area contributed by atoms with Gasteiger partial charge >= 0.3 is 0 Å². The van der Waals surface area contributed by atoms with Gasteiger partial charge in [-0.15, -0.1) is 0 Å². The molecule has 0 aliphatic carbocycles. The quantitative estimate of drug-likeness (QED) is 0.655. The Bertz CT molecular complexity index is 1160. The molecule has 4 nitrogen and oxygen atoms in total. The molecule has 3 aromatic rings. The van der Waals surface area contributed by atoms with E-state index in [1.165, 1.54) is 5.56 Å². The highest BCUT2D eigenvalue weighted by atomic mass is 32.2. The lowest BCUT2D eigenvalue weighted by Gasteiger charge is -2.42. The first-order chi connectivity index (χ1) is 13.5. The maximum absolute atomic E-state index is 13.8. The first-order valence-electron chi connectivity index (χ1n) is 9.49. The predicted octanol–water partition coefficient (Wildman–Crippen LogP) is 4.31. The van der Waals surface area contributed by atoms with E-state index in [1.54, 1.807) is 16.4 Å². The smallest absolute Gasteiger partial charge is 0.266 e. The van der Waals surface area contributed by atoms with E-state index in [9.17, 15) is 8.42 Å². The maximum Gasteiger partial charge on any atom is 0.266 e. The molecular weight excluding hydrogens is 368 g/mol. The second-order valence-corrected chi connectivity index (χ2v) is 9.45. The van der Waals surface area contributed by atoms with Gasteiger partial charge in [0.05, 0.1) is 10.6 Å². The van der Waals surface area contributed by atoms with Crippen LogP contribution in [0.3, 0.4) is 0 Å². The first-order valence-corrected chi connectivity index (χ1v) is 10.9. The average molecular weight is 391 g/mol. The van der Waals surface area contributed by atoms with Crippen LogP contribution < -0.4 is 9.21 Å². The number of hydrogen-bond donors (Lipinski definition) is 0. The highest BCUT2D eigenvalue weighted by Gasteiger charge is 2.48. The number of sulfonamides is 1. The highest BCUT2D eigenvalue weighted by molar-refractivity contribution is 7.92. The molecule has 2 aliphatic rings. The van der Waals surface area contributed by atoms with Gasteiger partial charge in [-0.2, -0.15) is 0 Å². The van der Waals surface area contributed by atoms with Gasteiger partial charge in [0.25, 0.3) is 10.0 Å². The highest BCUT2D eigenvalue weighted by Crippen LogP contribution is 2.50. The molecule has 3 aromatic carbocycles. The van der Waals surface area contributed by atoms with Crippen molar-refractivity contribution in [3.8, 4) is 0 Å². The standard InChI is InChI=1S/C23H22N2O2S/c1-16-11-13-18(14-12-16)28(26,27)25-21-9-5-3-7-17(21)15-20-19-8-4-6-10-22(19)24(2)23(20)25/h3-14,20,23H,15H2,1-2H3. The minimum absolute atomic E-state index is 0.108. The molecular formula is C23H22N2O2S. The fraction of sp³-hybridized carbons (Fsp3) is 0.217. The largest absolute Gasteiger partial charge is 0.353 e. The van der Waals surface area contributed by atoms with Gasteiger partial charge in [0.15, 0.2) is 0 Å². The lowest BCUT2D eigenvalue weighted by atomic mass is 9.88. The Hall–Kier alpha value is -2.79. The molecule has 0 saturated carbocycles. The van der Waals surface area contributed by atoms with Crippen LogP contribution in [0.15, 0.2) is 77.7 Å². The average Bonchev–Trinajstić information content (AvgIpc) is 2.99. The third-order valence-electron chi connectivity index (χ3n) is 5.96. The molecule has 28 heavy (non-hydrogen) atoms. The van der Waals surface area contributed by atoms with Gasteiger partial charge in [-0.1, -0.05) is 54.1 Å². The number of likely N-dealkylation sites (N-methyl/N-ethyl adjacent to an activating group) is 1. The lowest BCUT2D eigenvalue weighted by molar-refractivity contribution is 0.515. The van der Waals surface area contributed by atoms with Crippen LogP contribution in [0.25, 0.3) is 0 Å². The third kappa shape index (κ3) is 2.39. The van der Waals surface area contributed by atoms with E-state index in [0.717, 1.165) is 28.9 Å². The van der Waals surface area contributed by atoms with Crippen molar-refractivity contribution in [2.75, 3.05) is 16.3 Å². The summed E-state index contributed by atoms with van der Waals surface area (Å²) in [7, 11) is -1.71. The van der Waals surface area contributed by atoms with Crippen LogP contribution >= 0.6 is 0 Å². The van der Waals surface area contributed by atoms with E-state index in [4.69, 9.17) is 0 Å². The lowest BCUT2D eigenvalue weighted by Crippen LogP contribution is -2.53. The number of anilines is 2. The van der Waals surface area contributed by atoms with Gasteiger partial charge in [0.1, 0.15) is 6.17 Å². The van der Waals surface area contributed by atoms with Crippen LogP contribution in [0, 0.1) is 6.92 Å². The van der Waals surface area contributed by atoms with Crippen LogP contribution in [0.4, 0.5) is 11.4 Å². The van der Waals surface area contributed by atoms with E-state index in [2.05, 4.69) is 17.0 Å². The monoisotopic (exact) mass is 390 g/mol. The summed E-state index contributed by atoms with van der Waals surface area (Å²) in [6.07, 6.45) is 0.570. The Kier molecular flexibility index (Phi) is 3.78. The summed E-state index contributed by atoms with van der Waals surface area (Å²) < 4.78 is 29.2. The van der Waals surface area contributed by atoms with Gasteiger partial charge in [-0.05, 0) is 48.7 Å². The zero-order valence-corrected chi connectivity index (χ0v) is 16.7. The molecule has 0 aromatic heterocycles. The van der Waals surface area contributed by atoms with Gasteiger partial charge in [0.2, 0.25) is 0 Å². The SMILES string of the molecule is Cc1ccc(S(=O)(=O)N2c3ccccc3CC3c4ccccc4N(C)C32)cc1. The second-order valence-electron chi connectivity index (χ2n) is 7.64. The molecule has 2 unspecified atom stereocenters. The van der Waals surface area contributed by atoms with Gasteiger partial charge in [0, 0.05) is 18.7 Å². The number of nitrogens with zero attached hydrogens (tertiary/aromatic N) is 2. The summed E-state index contributed by atoms with van der Waals surface area (Å²) in [4.78, 5) is 2.44. The van der Waals surface area contributed by atoms with Crippen molar-refractivity contribution in [2.24, 2.45) is 0 Å². The minimum Gasteiger partial charge on any atom is -0.353 e. The Labute approximate surface area is 166 Å². The molecule has 0 N–H and O–H groups in total. The Morgan fingerprint density at radius 2 is 1.50 bits per heavy atom. The summed E-state index contributed by atoms with van der Waals surface area (Å²) in [6, 6.07) is 23.2. The second kappa shape index (κ2) is 6.11. The molecule has 2 heterocycles. The molecule has 0 spiro atoms. The van der Waals surface area contributed by atoms with Crippen molar-refractivity contribution in [2.45, 2.75) is 30.3 Å². The van der Waals surface area contributed by atoms with E-state index < -0.39 is 10.0 Å². The zero-order chi connectivity index (χ0) is 19.5. The maximum atomic E-state index is 13.8. The first kappa shape index (κ1) is 17.3. The Morgan fingerprint density at radius 1 is 0.857 bits per heavy atom. The van der Waals surface area contributed by atoms with Crippen LogP contribution in [-0.2, 0) is 16.4 Å². The molecule has 0 fully saturated rings. The van der Waals surface area contributed by atoms with Crippen molar-refractivity contribution in [3.63, 3.8) is 0 Å². The molecule has 0 bridgehead atoms. The van der Waals surface area contributed by atoms with Gasteiger partial charge in [-0.25, -0.2) is 12.7 Å².